The maximum Gasteiger partial charge on any atom is 0.160 e. The predicted molar refractivity (Wildman–Crippen MR) is 203 cm³/mol. The first-order chi connectivity index (χ1) is 24.3. The third-order valence-electron chi connectivity index (χ3n) is 10.7. The van der Waals surface area contributed by atoms with Gasteiger partial charge < -0.3 is 13.4 Å². The molecular formula is C46H25NO2. The average molecular weight is 624 g/mol. The van der Waals surface area contributed by atoms with Crippen LogP contribution in [0.3, 0.4) is 0 Å². The smallest absolute Gasteiger partial charge is 0.160 e. The van der Waals surface area contributed by atoms with Gasteiger partial charge in [-0.15, -0.1) is 0 Å². The molecule has 1 aliphatic rings. The van der Waals surface area contributed by atoms with Gasteiger partial charge in [0, 0.05) is 32.6 Å². The molecule has 3 aromatic heterocycles. The first-order valence-electron chi connectivity index (χ1n) is 16.8. The molecule has 0 radical (unpaired) electrons. The number of furan rings is 2. The molecule has 0 atom stereocenters. The molecule has 0 amide bonds. The molecule has 0 saturated heterocycles. The first-order valence-corrected chi connectivity index (χ1v) is 16.8. The Labute approximate surface area is 279 Å². The predicted octanol–water partition coefficient (Wildman–Crippen LogP) is 13.1. The van der Waals surface area contributed by atoms with Crippen LogP contribution in [0, 0.1) is 0 Å². The summed E-state index contributed by atoms with van der Waals surface area (Å²) in [5.41, 5.74) is 14.4. The van der Waals surface area contributed by atoms with E-state index in [-0.39, 0.29) is 0 Å². The third kappa shape index (κ3) is 3.17. The van der Waals surface area contributed by atoms with Crippen molar-refractivity contribution in [3.8, 4) is 39.1 Å². The highest BCUT2D eigenvalue weighted by molar-refractivity contribution is 6.38. The van der Waals surface area contributed by atoms with E-state index in [1.165, 1.54) is 44.2 Å². The Bertz CT molecular complexity index is 3190. The van der Waals surface area contributed by atoms with E-state index in [2.05, 4.69) is 144 Å². The maximum absolute atomic E-state index is 6.86. The molecule has 0 saturated carbocycles. The molecule has 1 aliphatic carbocycles. The van der Waals surface area contributed by atoms with Crippen molar-refractivity contribution < 1.29 is 8.83 Å². The fraction of sp³-hybridized carbons (Fsp3) is 0. The quantitative estimate of drug-likeness (QED) is 0.192. The van der Waals surface area contributed by atoms with Gasteiger partial charge in [-0.05, 0) is 74.5 Å². The van der Waals surface area contributed by atoms with Crippen LogP contribution in [0.1, 0.15) is 0 Å². The van der Waals surface area contributed by atoms with Crippen LogP contribution >= 0.6 is 0 Å². The molecule has 0 aliphatic heterocycles. The number of hydrogen-bond acceptors (Lipinski definition) is 2. The summed E-state index contributed by atoms with van der Waals surface area (Å²) in [5.74, 6) is 0. The van der Waals surface area contributed by atoms with E-state index < -0.39 is 0 Å². The first kappa shape index (κ1) is 25.5. The minimum atomic E-state index is 0.871. The summed E-state index contributed by atoms with van der Waals surface area (Å²) in [6, 6.07) is 54.4. The Morgan fingerprint density at radius 1 is 0.367 bits per heavy atom. The topological polar surface area (TPSA) is 31.2 Å². The van der Waals surface area contributed by atoms with Crippen LogP contribution in [0.4, 0.5) is 0 Å². The second kappa shape index (κ2) is 9.06. The largest absolute Gasteiger partial charge is 0.455 e. The molecule has 11 aromatic rings. The van der Waals surface area contributed by atoms with E-state index in [1.807, 2.05) is 12.1 Å². The van der Waals surface area contributed by atoms with Crippen LogP contribution in [0.25, 0.3) is 116 Å². The monoisotopic (exact) mass is 623 g/mol. The van der Waals surface area contributed by atoms with Gasteiger partial charge in [0.2, 0.25) is 0 Å². The van der Waals surface area contributed by atoms with Crippen molar-refractivity contribution in [3.05, 3.63) is 152 Å². The number of hydrogen-bond donors (Lipinski definition) is 0. The van der Waals surface area contributed by atoms with Gasteiger partial charge in [0.05, 0.1) is 10.9 Å². The van der Waals surface area contributed by atoms with Crippen molar-refractivity contribution in [2.24, 2.45) is 0 Å². The van der Waals surface area contributed by atoms with Crippen LogP contribution < -0.4 is 0 Å². The molecule has 0 N–H and O–H groups in total. The number of aromatic nitrogens is 1. The molecule has 3 heterocycles. The van der Waals surface area contributed by atoms with E-state index in [9.17, 15) is 0 Å². The van der Waals surface area contributed by atoms with E-state index >= 15 is 0 Å². The fourth-order valence-corrected chi connectivity index (χ4v) is 8.76. The Kier molecular flexibility index (Phi) is 4.72. The highest BCUT2D eigenvalue weighted by Gasteiger charge is 2.27. The molecule has 0 bridgehead atoms. The van der Waals surface area contributed by atoms with Crippen molar-refractivity contribution in [1.29, 1.82) is 0 Å². The lowest BCUT2D eigenvalue weighted by Crippen LogP contribution is -1.95. The zero-order valence-corrected chi connectivity index (χ0v) is 26.2. The highest BCUT2D eigenvalue weighted by Crippen LogP contribution is 2.51. The highest BCUT2D eigenvalue weighted by atomic mass is 16.3. The number of fused-ring (bicyclic) bond motifs is 15. The average Bonchev–Trinajstić information content (AvgIpc) is 3.91. The summed E-state index contributed by atoms with van der Waals surface area (Å²) in [4.78, 5) is 0. The van der Waals surface area contributed by atoms with Gasteiger partial charge in [0.25, 0.3) is 0 Å². The van der Waals surface area contributed by atoms with Crippen molar-refractivity contribution in [2.75, 3.05) is 0 Å². The van der Waals surface area contributed by atoms with E-state index in [0.717, 1.165) is 71.4 Å². The summed E-state index contributed by atoms with van der Waals surface area (Å²) in [7, 11) is 0. The normalized spacial score (nSPS) is 12.5. The van der Waals surface area contributed by atoms with E-state index in [1.54, 1.807) is 0 Å². The van der Waals surface area contributed by atoms with E-state index in [4.69, 9.17) is 8.83 Å². The van der Waals surface area contributed by atoms with Gasteiger partial charge in [-0.3, -0.25) is 0 Å². The Morgan fingerprint density at radius 3 is 1.73 bits per heavy atom. The van der Waals surface area contributed by atoms with Crippen molar-refractivity contribution in [3.63, 3.8) is 0 Å². The van der Waals surface area contributed by atoms with Crippen molar-refractivity contribution in [1.82, 2.24) is 4.57 Å². The van der Waals surface area contributed by atoms with Gasteiger partial charge in [0.15, 0.2) is 5.58 Å². The molecule has 3 nitrogen and oxygen atoms in total. The van der Waals surface area contributed by atoms with E-state index in [0.29, 0.717) is 0 Å². The van der Waals surface area contributed by atoms with Crippen LogP contribution in [0.2, 0.25) is 0 Å². The molecule has 49 heavy (non-hydrogen) atoms. The molecule has 0 fully saturated rings. The fourth-order valence-electron chi connectivity index (χ4n) is 8.76. The molecule has 0 unspecified atom stereocenters. The van der Waals surface area contributed by atoms with Crippen LogP contribution in [-0.2, 0) is 0 Å². The van der Waals surface area contributed by atoms with Crippen molar-refractivity contribution >= 4 is 76.5 Å². The molecule has 226 valence electrons. The minimum Gasteiger partial charge on any atom is -0.455 e. The summed E-state index contributed by atoms with van der Waals surface area (Å²) >= 11 is 0. The lowest BCUT2D eigenvalue weighted by Gasteiger charge is -2.13. The van der Waals surface area contributed by atoms with Gasteiger partial charge in [0.1, 0.15) is 22.3 Å². The van der Waals surface area contributed by atoms with Gasteiger partial charge in [-0.25, -0.2) is 0 Å². The number of benzene rings is 8. The van der Waals surface area contributed by atoms with Gasteiger partial charge in [-0.2, -0.15) is 0 Å². The lowest BCUT2D eigenvalue weighted by molar-refractivity contribution is 0.667. The van der Waals surface area contributed by atoms with Gasteiger partial charge in [-0.1, -0.05) is 121 Å². The second-order valence-corrected chi connectivity index (χ2v) is 13.2. The van der Waals surface area contributed by atoms with Crippen LogP contribution in [0.5, 0.6) is 0 Å². The zero-order valence-electron chi connectivity index (χ0n) is 26.2. The summed E-state index contributed by atoms with van der Waals surface area (Å²) in [6.07, 6.45) is 0. The number of nitrogens with zero attached hydrogens (tertiary/aromatic N) is 1. The lowest BCUT2D eigenvalue weighted by atomic mass is 9.94. The molecule has 0 spiro atoms. The molecule has 3 heteroatoms. The Morgan fingerprint density at radius 2 is 0.939 bits per heavy atom. The summed E-state index contributed by atoms with van der Waals surface area (Å²) in [5, 5.41) is 9.21. The summed E-state index contributed by atoms with van der Waals surface area (Å²) in [6.45, 7) is 0. The molecule has 12 rings (SSSR count). The number of rotatable bonds is 2. The third-order valence-corrected chi connectivity index (χ3v) is 10.7. The van der Waals surface area contributed by atoms with Crippen LogP contribution in [0.15, 0.2) is 160 Å². The minimum absolute atomic E-state index is 0.871. The second-order valence-electron chi connectivity index (χ2n) is 13.2. The summed E-state index contributed by atoms with van der Waals surface area (Å²) < 4.78 is 16.0. The number of para-hydroxylation sites is 3. The SMILES string of the molecule is c1cc(-c2ccc3c4c(cccc24)-c2ccccc2-3)cc(-n2c3ccccc3c3c4oc5ccccc5c4c4c5ccccc5oc4c32)c1. The Hall–Kier alpha value is -6.58. The van der Waals surface area contributed by atoms with Crippen LogP contribution in [-0.4, -0.2) is 4.57 Å². The molecular weight excluding hydrogens is 599 g/mol. The molecule has 8 aromatic carbocycles. The Balaban J connectivity index is 1.20. The standard InChI is InChI=1S/C46H25NO2/c1-2-14-30-29(13-1)32-19-10-18-31-28(23-24-33(30)40(31)32)26-11-9-12-27(25-26)47-37-20-6-3-15-34(37)43-44(47)46-42(36-17-5-8-22-39(36)49-46)41-35-16-4-7-21-38(35)48-45(41)43/h1-25H. The maximum atomic E-state index is 6.86. The van der Waals surface area contributed by atoms with Crippen molar-refractivity contribution in [2.45, 2.75) is 0 Å². The van der Waals surface area contributed by atoms with Gasteiger partial charge >= 0.3 is 0 Å². The zero-order chi connectivity index (χ0) is 31.8.